The lowest BCUT2D eigenvalue weighted by molar-refractivity contribution is -0.129. The maximum Gasteiger partial charge on any atom is 0.258 e. The van der Waals surface area contributed by atoms with Crippen molar-refractivity contribution in [3.05, 3.63) is 0 Å². The molecule has 1 fully saturated rings. The van der Waals surface area contributed by atoms with Crippen molar-refractivity contribution in [3.8, 4) is 0 Å². The first-order valence-electron chi connectivity index (χ1n) is 9.40. The number of carbonyl (C=O) groups excluding carboxylic acids is 1. The van der Waals surface area contributed by atoms with Gasteiger partial charge < -0.3 is 0 Å². The van der Waals surface area contributed by atoms with Gasteiger partial charge in [-0.1, -0.05) is 58.3 Å². The number of amides is 1. The van der Waals surface area contributed by atoms with Crippen LogP contribution < -0.4 is 5.48 Å². The first kappa shape index (κ1) is 21.4. The molecule has 0 aromatic carbocycles. The molecular formula is C17H34N2O4S. The zero-order chi connectivity index (χ0) is 17.8. The molecule has 1 saturated carbocycles. The van der Waals surface area contributed by atoms with E-state index in [2.05, 4.69) is 6.92 Å². The SMILES string of the molecule is CCCCCCCCS(=O)(=O)N(CC(=O)NO)CC1CCCCC1. The second kappa shape index (κ2) is 11.8. The van der Waals surface area contributed by atoms with E-state index in [-0.39, 0.29) is 12.3 Å². The number of unbranched alkanes of at least 4 members (excludes halogenated alkanes) is 5. The molecule has 142 valence electrons. The highest BCUT2D eigenvalue weighted by atomic mass is 32.2. The summed E-state index contributed by atoms with van der Waals surface area (Å²) in [7, 11) is -3.46. The molecule has 0 aromatic rings. The van der Waals surface area contributed by atoms with E-state index in [1.54, 1.807) is 5.48 Å². The number of rotatable bonds is 12. The monoisotopic (exact) mass is 362 g/mol. The van der Waals surface area contributed by atoms with Gasteiger partial charge in [0, 0.05) is 6.54 Å². The van der Waals surface area contributed by atoms with Crippen LogP contribution in [-0.2, 0) is 14.8 Å². The topological polar surface area (TPSA) is 86.7 Å². The van der Waals surface area contributed by atoms with Crippen LogP contribution in [0, 0.1) is 5.92 Å². The molecule has 0 unspecified atom stereocenters. The van der Waals surface area contributed by atoms with Crippen LogP contribution in [0.1, 0.15) is 77.6 Å². The Balaban J connectivity index is 2.53. The Morgan fingerprint density at radius 2 is 1.71 bits per heavy atom. The van der Waals surface area contributed by atoms with Gasteiger partial charge in [-0.25, -0.2) is 13.9 Å². The van der Waals surface area contributed by atoms with E-state index >= 15 is 0 Å². The van der Waals surface area contributed by atoms with E-state index in [1.165, 1.54) is 23.6 Å². The minimum absolute atomic E-state index is 0.0879. The molecule has 0 heterocycles. The highest BCUT2D eigenvalue weighted by Crippen LogP contribution is 2.25. The molecule has 1 aliphatic carbocycles. The van der Waals surface area contributed by atoms with Crippen LogP contribution in [0.3, 0.4) is 0 Å². The minimum Gasteiger partial charge on any atom is -0.289 e. The number of sulfonamides is 1. The molecule has 7 heteroatoms. The molecular weight excluding hydrogens is 328 g/mol. The smallest absolute Gasteiger partial charge is 0.258 e. The van der Waals surface area contributed by atoms with E-state index in [1.807, 2.05) is 0 Å². The third-order valence-corrected chi connectivity index (χ3v) is 6.65. The molecule has 0 radical (unpaired) electrons. The van der Waals surface area contributed by atoms with Crippen molar-refractivity contribution < 1.29 is 18.4 Å². The van der Waals surface area contributed by atoms with Crippen LogP contribution in [0.5, 0.6) is 0 Å². The Hall–Kier alpha value is -0.660. The van der Waals surface area contributed by atoms with E-state index in [9.17, 15) is 13.2 Å². The third-order valence-electron chi connectivity index (χ3n) is 4.78. The van der Waals surface area contributed by atoms with Crippen molar-refractivity contribution in [1.82, 2.24) is 9.79 Å². The fourth-order valence-electron chi connectivity index (χ4n) is 3.32. The molecule has 2 N–H and O–H groups in total. The normalized spacial score (nSPS) is 16.5. The molecule has 1 rings (SSSR count). The first-order chi connectivity index (χ1) is 11.5. The van der Waals surface area contributed by atoms with Gasteiger partial charge in [0.05, 0.1) is 12.3 Å². The highest BCUT2D eigenvalue weighted by molar-refractivity contribution is 7.89. The summed E-state index contributed by atoms with van der Waals surface area (Å²) in [5, 5.41) is 8.73. The van der Waals surface area contributed by atoms with Gasteiger partial charge in [-0.15, -0.1) is 0 Å². The van der Waals surface area contributed by atoms with Crippen LogP contribution in [0.4, 0.5) is 0 Å². The largest absolute Gasteiger partial charge is 0.289 e. The van der Waals surface area contributed by atoms with Crippen LogP contribution in [-0.4, -0.2) is 42.7 Å². The van der Waals surface area contributed by atoms with Gasteiger partial charge in [0.25, 0.3) is 5.91 Å². The molecule has 0 aliphatic heterocycles. The van der Waals surface area contributed by atoms with Gasteiger partial charge >= 0.3 is 0 Å². The summed E-state index contributed by atoms with van der Waals surface area (Å²) in [6, 6.07) is 0. The summed E-state index contributed by atoms with van der Waals surface area (Å²) in [6.07, 6.45) is 11.6. The molecule has 0 bridgehead atoms. The molecule has 1 aliphatic rings. The van der Waals surface area contributed by atoms with Gasteiger partial charge in [-0.05, 0) is 25.2 Å². The highest BCUT2D eigenvalue weighted by Gasteiger charge is 2.27. The van der Waals surface area contributed by atoms with E-state index < -0.39 is 15.9 Å². The van der Waals surface area contributed by atoms with Crippen LogP contribution in [0.2, 0.25) is 0 Å². The average Bonchev–Trinajstić information content (AvgIpc) is 2.58. The van der Waals surface area contributed by atoms with Gasteiger partial charge in [0.2, 0.25) is 10.0 Å². The molecule has 24 heavy (non-hydrogen) atoms. The van der Waals surface area contributed by atoms with Crippen LogP contribution >= 0.6 is 0 Å². The Kier molecular flexibility index (Phi) is 10.5. The van der Waals surface area contributed by atoms with Crippen molar-refractivity contribution in [1.29, 1.82) is 0 Å². The molecule has 6 nitrogen and oxygen atoms in total. The van der Waals surface area contributed by atoms with Gasteiger partial charge in [-0.2, -0.15) is 4.31 Å². The van der Waals surface area contributed by atoms with Gasteiger partial charge in [0.15, 0.2) is 0 Å². The lowest BCUT2D eigenvalue weighted by Crippen LogP contribution is -2.43. The summed E-state index contributed by atoms with van der Waals surface area (Å²) in [4.78, 5) is 11.5. The number of nitrogens with zero attached hydrogens (tertiary/aromatic N) is 1. The summed E-state index contributed by atoms with van der Waals surface area (Å²) < 4.78 is 26.5. The zero-order valence-electron chi connectivity index (χ0n) is 15.0. The fraction of sp³-hybridized carbons (Fsp3) is 0.941. The molecule has 1 amide bonds. The lowest BCUT2D eigenvalue weighted by Gasteiger charge is -2.28. The van der Waals surface area contributed by atoms with Crippen molar-refractivity contribution >= 4 is 15.9 Å². The number of hydrogen-bond donors (Lipinski definition) is 2. The molecule has 0 atom stereocenters. The van der Waals surface area contributed by atoms with Crippen LogP contribution in [0.15, 0.2) is 0 Å². The molecule has 0 aromatic heterocycles. The van der Waals surface area contributed by atoms with Gasteiger partial charge in [0.1, 0.15) is 0 Å². The predicted octanol–water partition coefficient (Wildman–Crippen LogP) is 3.06. The summed E-state index contributed by atoms with van der Waals surface area (Å²) in [6.45, 7) is 2.26. The van der Waals surface area contributed by atoms with Crippen molar-refractivity contribution in [2.24, 2.45) is 5.92 Å². The number of nitrogens with one attached hydrogen (secondary N) is 1. The first-order valence-corrected chi connectivity index (χ1v) is 11.0. The van der Waals surface area contributed by atoms with E-state index in [0.717, 1.165) is 44.9 Å². The van der Waals surface area contributed by atoms with Crippen LogP contribution in [0.25, 0.3) is 0 Å². The maximum absolute atomic E-state index is 12.6. The molecule has 0 saturated heterocycles. The molecule has 0 spiro atoms. The average molecular weight is 363 g/mol. The fourth-order valence-corrected chi connectivity index (χ4v) is 4.90. The van der Waals surface area contributed by atoms with Crippen molar-refractivity contribution in [3.63, 3.8) is 0 Å². The predicted molar refractivity (Wildman–Crippen MR) is 95.2 cm³/mol. The number of hydroxylamine groups is 1. The summed E-state index contributed by atoms with van der Waals surface area (Å²) in [5.41, 5.74) is 1.55. The minimum atomic E-state index is -3.46. The Morgan fingerprint density at radius 3 is 2.33 bits per heavy atom. The Morgan fingerprint density at radius 1 is 1.08 bits per heavy atom. The van der Waals surface area contributed by atoms with E-state index in [4.69, 9.17) is 5.21 Å². The van der Waals surface area contributed by atoms with Crippen molar-refractivity contribution in [2.75, 3.05) is 18.8 Å². The van der Waals surface area contributed by atoms with Crippen molar-refractivity contribution in [2.45, 2.75) is 77.6 Å². The summed E-state index contributed by atoms with van der Waals surface area (Å²) in [5.74, 6) is -0.258. The second-order valence-electron chi connectivity index (χ2n) is 6.92. The summed E-state index contributed by atoms with van der Waals surface area (Å²) >= 11 is 0. The zero-order valence-corrected chi connectivity index (χ0v) is 15.8. The Bertz CT molecular complexity index is 448. The van der Waals surface area contributed by atoms with Gasteiger partial charge in [-0.3, -0.25) is 10.0 Å². The van der Waals surface area contributed by atoms with E-state index in [0.29, 0.717) is 18.9 Å². The maximum atomic E-state index is 12.6. The second-order valence-corrected chi connectivity index (χ2v) is 9.00. The quantitative estimate of drug-likeness (QED) is 0.317. The number of carbonyl (C=O) groups is 1. The Labute approximate surface area is 147 Å². The number of hydrogen-bond acceptors (Lipinski definition) is 4. The standard InChI is InChI=1S/C17H34N2O4S/c1-2-3-4-5-6-10-13-24(22,23)19(15-17(20)18-21)14-16-11-8-7-9-12-16/h16,21H,2-15H2,1H3,(H,18,20). The third kappa shape index (κ3) is 8.44. The lowest BCUT2D eigenvalue weighted by atomic mass is 9.89.